The summed E-state index contributed by atoms with van der Waals surface area (Å²) in [6.07, 6.45) is 4.05. The summed E-state index contributed by atoms with van der Waals surface area (Å²) in [5.74, 6) is 0. The molecule has 5 nitrogen and oxygen atoms in total. The predicted molar refractivity (Wildman–Crippen MR) is 62.3 cm³/mol. The summed E-state index contributed by atoms with van der Waals surface area (Å²) in [4.78, 5) is 15.4. The monoisotopic (exact) mass is 223 g/mol. The lowest BCUT2D eigenvalue weighted by Crippen LogP contribution is -2.36. The molecule has 1 heterocycles. The van der Waals surface area contributed by atoms with Gasteiger partial charge in [-0.2, -0.15) is 0 Å². The number of urea groups is 1. The minimum absolute atomic E-state index is 0.0850. The van der Waals surface area contributed by atoms with Gasteiger partial charge < -0.3 is 15.4 Å². The zero-order valence-electron chi connectivity index (χ0n) is 9.56. The maximum Gasteiger partial charge on any atom is 0.319 e. The number of methoxy groups -OCH3 is 1. The van der Waals surface area contributed by atoms with Crippen LogP contribution in [0.3, 0.4) is 0 Å². The normalized spacial score (nSPS) is 11.9. The van der Waals surface area contributed by atoms with Gasteiger partial charge in [-0.15, -0.1) is 0 Å². The number of nitrogens with one attached hydrogen (secondary N) is 2. The van der Waals surface area contributed by atoms with Crippen LogP contribution in [0.4, 0.5) is 10.5 Å². The molecular weight excluding hydrogens is 206 g/mol. The van der Waals surface area contributed by atoms with E-state index in [1.807, 2.05) is 6.92 Å². The third-order valence-electron chi connectivity index (χ3n) is 2.07. The minimum Gasteiger partial charge on any atom is -0.385 e. The van der Waals surface area contributed by atoms with E-state index in [4.69, 9.17) is 4.74 Å². The molecule has 0 aliphatic heterocycles. The fourth-order valence-corrected chi connectivity index (χ4v) is 1.19. The van der Waals surface area contributed by atoms with Crippen molar-refractivity contribution in [3.8, 4) is 0 Å². The molecule has 0 aromatic carbocycles. The van der Waals surface area contributed by atoms with E-state index in [1.54, 1.807) is 31.6 Å². The molecule has 16 heavy (non-hydrogen) atoms. The second-order valence-electron chi connectivity index (χ2n) is 3.52. The van der Waals surface area contributed by atoms with Crippen LogP contribution in [0.1, 0.15) is 13.3 Å². The molecule has 0 spiro atoms. The van der Waals surface area contributed by atoms with Crippen molar-refractivity contribution in [2.45, 2.75) is 19.4 Å². The van der Waals surface area contributed by atoms with E-state index in [-0.39, 0.29) is 12.1 Å². The molecule has 0 saturated heterocycles. The van der Waals surface area contributed by atoms with Crippen molar-refractivity contribution in [3.63, 3.8) is 0 Å². The average molecular weight is 223 g/mol. The first-order valence-corrected chi connectivity index (χ1v) is 5.19. The van der Waals surface area contributed by atoms with E-state index in [1.165, 1.54) is 0 Å². The number of amides is 2. The molecule has 2 amide bonds. The van der Waals surface area contributed by atoms with Gasteiger partial charge in [0.1, 0.15) is 0 Å². The third-order valence-corrected chi connectivity index (χ3v) is 2.07. The van der Waals surface area contributed by atoms with Crippen molar-refractivity contribution in [2.75, 3.05) is 19.0 Å². The van der Waals surface area contributed by atoms with Gasteiger partial charge in [-0.1, -0.05) is 0 Å². The Bertz CT molecular complexity index is 316. The van der Waals surface area contributed by atoms with Gasteiger partial charge in [0.25, 0.3) is 0 Å². The topological polar surface area (TPSA) is 63.2 Å². The summed E-state index contributed by atoms with van der Waals surface area (Å²) in [7, 11) is 1.64. The van der Waals surface area contributed by atoms with Crippen molar-refractivity contribution in [2.24, 2.45) is 0 Å². The number of hydrogen-bond donors (Lipinski definition) is 2. The molecule has 0 aliphatic rings. The van der Waals surface area contributed by atoms with Crippen molar-refractivity contribution in [1.82, 2.24) is 10.3 Å². The highest BCUT2D eigenvalue weighted by molar-refractivity contribution is 5.89. The fourth-order valence-electron chi connectivity index (χ4n) is 1.19. The van der Waals surface area contributed by atoms with Crippen molar-refractivity contribution in [3.05, 3.63) is 24.5 Å². The second kappa shape index (κ2) is 6.79. The van der Waals surface area contributed by atoms with Gasteiger partial charge in [-0.05, 0) is 25.5 Å². The lowest BCUT2D eigenvalue weighted by molar-refractivity contribution is 0.185. The summed E-state index contributed by atoms with van der Waals surface area (Å²) in [6.45, 7) is 2.57. The van der Waals surface area contributed by atoms with Crippen molar-refractivity contribution in [1.29, 1.82) is 0 Å². The fraction of sp³-hybridized carbons (Fsp3) is 0.455. The summed E-state index contributed by atoms with van der Waals surface area (Å²) in [6, 6.07) is 3.34. The molecule has 0 aliphatic carbocycles. The summed E-state index contributed by atoms with van der Waals surface area (Å²) < 4.78 is 4.93. The Balaban J connectivity index is 2.31. The third kappa shape index (κ3) is 4.75. The molecule has 0 fully saturated rings. The van der Waals surface area contributed by atoms with Crippen LogP contribution in [0.15, 0.2) is 24.5 Å². The van der Waals surface area contributed by atoms with Crippen LogP contribution in [0, 0.1) is 0 Å². The van der Waals surface area contributed by atoms with Gasteiger partial charge in [0.2, 0.25) is 0 Å². The van der Waals surface area contributed by atoms with Gasteiger partial charge in [-0.25, -0.2) is 4.79 Å². The molecule has 0 saturated carbocycles. The SMILES string of the molecule is COCCC(C)NC(=O)Nc1ccncc1. The molecule has 0 bridgehead atoms. The highest BCUT2D eigenvalue weighted by atomic mass is 16.5. The van der Waals surface area contributed by atoms with Crippen LogP contribution in [0.5, 0.6) is 0 Å². The van der Waals surface area contributed by atoms with Gasteiger partial charge >= 0.3 is 6.03 Å². The molecular formula is C11H17N3O2. The smallest absolute Gasteiger partial charge is 0.319 e. The van der Waals surface area contributed by atoms with Gasteiger partial charge in [0.15, 0.2) is 0 Å². The zero-order valence-corrected chi connectivity index (χ0v) is 9.56. The van der Waals surface area contributed by atoms with Crippen molar-refractivity contribution < 1.29 is 9.53 Å². The Labute approximate surface area is 95.2 Å². The Hall–Kier alpha value is -1.62. The standard InChI is InChI=1S/C11H17N3O2/c1-9(5-8-16-2)13-11(15)14-10-3-6-12-7-4-10/h3-4,6-7,9H,5,8H2,1-2H3,(H2,12,13,14,15). The van der Waals surface area contributed by atoms with Crippen LogP contribution in [0.25, 0.3) is 0 Å². The number of carbonyl (C=O) groups is 1. The Morgan fingerprint density at radius 1 is 1.50 bits per heavy atom. The van der Waals surface area contributed by atoms with E-state index < -0.39 is 0 Å². The predicted octanol–water partition coefficient (Wildman–Crippen LogP) is 1.63. The van der Waals surface area contributed by atoms with Gasteiger partial charge in [0, 0.05) is 37.8 Å². The summed E-state index contributed by atoms with van der Waals surface area (Å²) >= 11 is 0. The molecule has 2 N–H and O–H groups in total. The first kappa shape index (κ1) is 12.4. The number of ether oxygens (including phenoxy) is 1. The van der Waals surface area contributed by atoms with Gasteiger partial charge in [-0.3, -0.25) is 4.98 Å². The first-order chi connectivity index (χ1) is 7.72. The van der Waals surface area contributed by atoms with E-state index in [0.29, 0.717) is 6.61 Å². The number of aromatic nitrogens is 1. The lowest BCUT2D eigenvalue weighted by Gasteiger charge is -2.13. The Morgan fingerprint density at radius 3 is 2.81 bits per heavy atom. The first-order valence-electron chi connectivity index (χ1n) is 5.19. The van der Waals surface area contributed by atoms with E-state index in [0.717, 1.165) is 12.1 Å². The largest absolute Gasteiger partial charge is 0.385 e. The van der Waals surface area contributed by atoms with Crippen LogP contribution >= 0.6 is 0 Å². The molecule has 5 heteroatoms. The number of nitrogens with zero attached hydrogens (tertiary/aromatic N) is 1. The maximum atomic E-state index is 11.5. The number of rotatable bonds is 5. The lowest BCUT2D eigenvalue weighted by atomic mass is 10.2. The van der Waals surface area contributed by atoms with E-state index in [2.05, 4.69) is 15.6 Å². The molecule has 1 unspecified atom stereocenters. The minimum atomic E-state index is -0.213. The molecule has 1 aromatic heterocycles. The molecule has 1 rings (SSSR count). The molecule has 88 valence electrons. The van der Waals surface area contributed by atoms with Crippen LogP contribution in [-0.2, 0) is 4.74 Å². The Kier molecular flexibility index (Phi) is 5.28. The van der Waals surface area contributed by atoms with E-state index in [9.17, 15) is 4.79 Å². The average Bonchev–Trinajstić information content (AvgIpc) is 2.27. The summed E-state index contributed by atoms with van der Waals surface area (Å²) in [5, 5.41) is 5.53. The van der Waals surface area contributed by atoms with Crippen LogP contribution in [-0.4, -0.2) is 30.8 Å². The quantitative estimate of drug-likeness (QED) is 0.797. The number of hydrogen-bond acceptors (Lipinski definition) is 3. The highest BCUT2D eigenvalue weighted by Crippen LogP contribution is 2.02. The number of anilines is 1. The molecule has 0 radical (unpaired) electrons. The maximum absolute atomic E-state index is 11.5. The second-order valence-corrected chi connectivity index (χ2v) is 3.52. The van der Waals surface area contributed by atoms with Crippen molar-refractivity contribution >= 4 is 11.7 Å². The molecule has 1 aromatic rings. The summed E-state index contributed by atoms with van der Waals surface area (Å²) in [5.41, 5.74) is 0.728. The number of carbonyl (C=O) groups excluding carboxylic acids is 1. The van der Waals surface area contributed by atoms with Crippen LogP contribution < -0.4 is 10.6 Å². The zero-order chi connectivity index (χ0) is 11.8. The number of pyridine rings is 1. The molecule has 1 atom stereocenters. The highest BCUT2D eigenvalue weighted by Gasteiger charge is 2.06. The Morgan fingerprint density at radius 2 is 2.19 bits per heavy atom. The van der Waals surface area contributed by atoms with E-state index >= 15 is 0 Å². The van der Waals surface area contributed by atoms with Crippen LogP contribution in [0.2, 0.25) is 0 Å². The van der Waals surface area contributed by atoms with Gasteiger partial charge in [0.05, 0.1) is 0 Å².